The van der Waals surface area contributed by atoms with E-state index in [1.165, 1.54) is 17.7 Å². The van der Waals surface area contributed by atoms with Crippen LogP contribution >= 0.6 is 0 Å². The van der Waals surface area contributed by atoms with Crippen molar-refractivity contribution in [1.82, 2.24) is 20.5 Å². The van der Waals surface area contributed by atoms with E-state index in [9.17, 15) is 0 Å². The van der Waals surface area contributed by atoms with E-state index in [2.05, 4.69) is 33.5 Å². The topological polar surface area (TPSA) is 62.8 Å². The van der Waals surface area contributed by atoms with Gasteiger partial charge < -0.3 is 10.1 Å². The zero-order valence-corrected chi connectivity index (χ0v) is 13.1. The second kappa shape index (κ2) is 7.40. The highest BCUT2D eigenvalue weighted by Gasteiger charge is 2.21. The van der Waals surface area contributed by atoms with Gasteiger partial charge in [0.2, 0.25) is 5.88 Å². The first-order valence-corrected chi connectivity index (χ1v) is 8.20. The molecule has 22 heavy (non-hydrogen) atoms. The highest BCUT2D eigenvalue weighted by Crippen LogP contribution is 2.28. The number of aromatic amines is 1. The van der Waals surface area contributed by atoms with Crippen LogP contribution < -0.4 is 10.1 Å². The lowest BCUT2D eigenvalue weighted by Crippen LogP contribution is -2.24. The Hall–Kier alpha value is -1.88. The molecule has 2 aromatic rings. The van der Waals surface area contributed by atoms with Crippen LogP contribution in [0.5, 0.6) is 5.88 Å². The second-order valence-electron chi connectivity index (χ2n) is 5.80. The van der Waals surface area contributed by atoms with Gasteiger partial charge in [-0.25, -0.2) is 4.98 Å². The van der Waals surface area contributed by atoms with Crippen LogP contribution in [-0.2, 0) is 13.0 Å². The maximum atomic E-state index is 5.80. The lowest BCUT2D eigenvalue weighted by atomic mass is 9.93. The molecule has 0 aromatic carbocycles. The first-order valence-electron chi connectivity index (χ1n) is 8.20. The van der Waals surface area contributed by atoms with E-state index in [-0.39, 0.29) is 0 Å². The van der Waals surface area contributed by atoms with Gasteiger partial charge in [-0.05, 0) is 31.7 Å². The summed E-state index contributed by atoms with van der Waals surface area (Å²) in [6.45, 7) is 3.66. The second-order valence-corrected chi connectivity index (χ2v) is 5.80. The van der Waals surface area contributed by atoms with Gasteiger partial charge in [-0.15, -0.1) is 0 Å². The number of rotatable bonds is 7. The molecular formula is C17H24N4O. The van der Waals surface area contributed by atoms with Crippen molar-refractivity contribution >= 4 is 0 Å². The van der Waals surface area contributed by atoms with E-state index in [0.717, 1.165) is 50.3 Å². The molecule has 2 N–H and O–H groups in total. The van der Waals surface area contributed by atoms with Crippen molar-refractivity contribution in [3.8, 4) is 5.88 Å². The molecule has 1 aliphatic carbocycles. The number of ether oxygens (including phenoxy) is 1. The number of nitrogens with one attached hydrogen (secondary N) is 2. The van der Waals surface area contributed by atoms with E-state index in [4.69, 9.17) is 4.74 Å². The molecule has 5 heteroatoms. The molecule has 2 heterocycles. The van der Waals surface area contributed by atoms with Crippen molar-refractivity contribution in [2.24, 2.45) is 0 Å². The largest absolute Gasteiger partial charge is 0.477 e. The Morgan fingerprint density at radius 2 is 2.41 bits per heavy atom. The minimum absolute atomic E-state index is 0.367. The fourth-order valence-corrected chi connectivity index (χ4v) is 2.91. The molecule has 2 aromatic heterocycles. The third-order valence-electron chi connectivity index (χ3n) is 4.17. The van der Waals surface area contributed by atoms with Crippen LogP contribution in [-0.4, -0.2) is 21.8 Å². The minimum Gasteiger partial charge on any atom is -0.477 e. The predicted molar refractivity (Wildman–Crippen MR) is 85.7 cm³/mol. The van der Waals surface area contributed by atoms with Crippen LogP contribution in [0.25, 0.3) is 0 Å². The van der Waals surface area contributed by atoms with Crippen molar-refractivity contribution in [2.75, 3.05) is 6.61 Å². The fourth-order valence-electron chi connectivity index (χ4n) is 2.91. The summed E-state index contributed by atoms with van der Waals surface area (Å²) in [4.78, 5) is 4.37. The van der Waals surface area contributed by atoms with E-state index >= 15 is 0 Å². The van der Waals surface area contributed by atoms with Gasteiger partial charge in [0.05, 0.1) is 12.8 Å². The van der Waals surface area contributed by atoms with Crippen LogP contribution in [0.1, 0.15) is 55.5 Å². The van der Waals surface area contributed by atoms with Crippen LogP contribution in [0.4, 0.5) is 0 Å². The van der Waals surface area contributed by atoms with E-state index in [1.54, 1.807) is 6.20 Å². The average Bonchev–Trinajstić information content (AvgIpc) is 3.03. The molecule has 0 bridgehead atoms. The summed E-state index contributed by atoms with van der Waals surface area (Å²) in [6, 6.07) is 4.42. The van der Waals surface area contributed by atoms with Gasteiger partial charge in [-0.2, -0.15) is 5.10 Å². The lowest BCUT2D eigenvalue weighted by molar-refractivity contribution is 0.292. The molecule has 1 unspecified atom stereocenters. The fraction of sp³-hybridized carbons (Fsp3) is 0.529. The summed E-state index contributed by atoms with van der Waals surface area (Å²) in [6.07, 6.45) is 9.38. The molecule has 0 spiro atoms. The van der Waals surface area contributed by atoms with Gasteiger partial charge in [-0.1, -0.05) is 19.4 Å². The van der Waals surface area contributed by atoms with Crippen molar-refractivity contribution in [1.29, 1.82) is 0 Å². The molecule has 1 atom stereocenters. The Balaban J connectivity index is 1.62. The zero-order valence-electron chi connectivity index (χ0n) is 13.1. The van der Waals surface area contributed by atoms with Gasteiger partial charge in [0, 0.05) is 35.6 Å². The minimum atomic E-state index is 0.367. The first-order chi connectivity index (χ1) is 10.9. The van der Waals surface area contributed by atoms with E-state index in [1.807, 2.05) is 12.3 Å². The van der Waals surface area contributed by atoms with Gasteiger partial charge >= 0.3 is 0 Å². The summed E-state index contributed by atoms with van der Waals surface area (Å²) in [5.74, 6) is 0.756. The van der Waals surface area contributed by atoms with Gasteiger partial charge in [-0.3, -0.25) is 5.10 Å². The third-order valence-corrected chi connectivity index (χ3v) is 4.17. The van der Waals surface area contributed by atoms with Crippen molar-refractivity contribution in [2.45, 2.75) is 51.6 Å². The van der Waals surface area contributed by atoms with Crippen LogP contribution in [0.3, 0.4) is 0 Å². The van der Waals surface area contributed by atoms with Crippen molar-refractivity contribution < 1.29 is 4.74 Å². The molecule has 3 rings (SSSR count). The molecule has 1 aliphatic rings. The molecule has 0 radical (unpaired) electrons. The highest BCUT2D eigenvalue weighted by atomic mass is 16.5. The number of nitrogens with zero attached hydrogens (tertiary/aromatic N) is 2. The van der Waals surface area contributed by atoms with E-state index in [0.29, 0.717) is 6.04 Å². The molecule has 0 aliphatic heterocycles. The summed E-state index contributed by atoms with van der Waals surface area (Å²) in [5.41, 5.74) is 3.70. The molecule has 0 saturated heterocycles. The standard InChI is InChI=1S/C17H24N4O/c1-2-3-10-22-17-13(6-5-9-18-17)11-19-15-7-4-8-16-14(15)12-20-21-16/h5-6,9,12,15,19H,2-4,7-8,10-11H2,1H3,(H,20,21). The number of hydrogen-bond donors (Lipinski definition) is 2. The Bertz CT molecular complexity index is 596. The average molecular weight is 300 g/mol. The number of H-pyrrole nitrogens is 1. The van der Waals surface area contributed by atoms with Crippen molar-refractivity contribution in [3.63, 3.8) is 0 Å². The normalized spacial score (nSPS) is 17.2. The number of fused-ring (bicyclic) bond motifs is 1. The van der Waals surface area contributed by atoms with Gasteiger partial charge in [0.25, 0.3) is 0 Å². The van der Waals surface area contributed by atoms with Gasteiger partial charge in [0.1, 0.15) is 0 Å². The lowest BCUT2D eigenvalue weighted by Gasteiger charge is -2.23. The Morgan fingerprint density at radius 1 is 1.45 bits per heavy atom. The molecule has 0 amide bonds. The zero-order chi connectivity index (χ0) is 15.2. The van der Waals surface area contributed by atoms with Crippen molar-refractivity contribution in [3.05, 3.63) is 41.3 Å². The maximum Gasteiger partial charge on any atom is 0.217 e. The van der Waals surface area contributed by atoms with Crippen LogP contribution in [0, 0.1) is 0 Å². The molecule has 0 fully saturated rings. The summed E-state index contributed by atoms with van der Waals surface area (Å²) in [5, 5.41) is 10.9. The third kappa shape index (κ3) is 3.47. The number of unbranched alkanes of at least 4 members (excludes halogenated alkanes) is 1. The molecule has 5 nitrogen and oxygen atoms in total. The monoisotopic (exact) mass is 300 g/mol. The number of aryl methyl sites for hydroxylation is 1. The number of pyridine rings is 1. The number of aromatic nitrogens is 3. The smallest absolute Gasteiger partial charge is 0.217 e. The first kappa shape index (κ1) is 15.0. The predicted octanol–water partition coefficient (Wildman–Crippen LogP) is 3.15. The Morgan fingerprint density at radius 3 is 3.32 bits per heavy atom. The summed E-state index contributed by atoms with van der Waals surface area (Å²) < 4.78 is 5.80. The molecule has 0 saturated carbocycles. The summed E-state index contributed by atoms with van der Waals surface area (Å²) >= 11 is 0. The quantitative estimate of drug-likeness (QED) is 0.771. The Labute approximate surface area is 131 Å². The SMILES string of the molecule is CCCCOc1ncccc1CNC1CCCc2[nH]ncc21. The molecular weight excluding hydrogens is 276 g/mol. The summed E-state index contributed by atoms with van der Waals surface area (Å²) in [7, 11) is 0. The van der Waals surface area contributed by atoms with Crippen LogP contribution in [0.15, 0.2) is 24.5 Å². The Kier molecular flexibility index (Phi) is 5.06. The van der Waals surface area contributed by atoms with Crippen LogP contribution in [0.2, 0.25) is 0 Å². The highest BCUT2D eigenvalue weighted by molar-refractivity contribution is 5.27. The maximum absolute atomic E-state index is 5.80. The number of hydrogen-bond acceptors (Lipinski definition) is 4. The van der Waals surface area contributed by atoms with E-state index < -0.39 is 0 Å². The van der Waals surface area contributed by atoms with Gasteiger partial charge in [0.15, 0.2) is 0 Å². The molecule has 118 valence electrons.